The molecule has 4 N–H and O–H groups in total. The van der Waals surface area contributed by atoms with Crippen LogP contribution in [0.5, 0.6) is 0 Å². The molecule has 3 atom stereocenters. The van der Waals surface area contributed by atoms with E-state index in [1.165, 1.54) is 19.3 Å². The summed E-state index contributed by atoms with van der Waals surface area (Å²) in [7, 11) is 0. The van der Waals surface area contributed by atoms with Crippen LogP contribution in [0, 0.1) is 16.7 Å². The molecule has 2 rings (SSSR count). The van der Waals surface area contributed by atoms with Gasteiger partial charge in [-0.05, 0) is 36.0 Å². The first-order valence-corrected chi connectivity index (χ1v) is 6.74. The lowest BCUT2D eigenvalue weighted by atomic mass is 9.71. The maximum atomic E-state index is 10.5. The van der Waals surface area contributed by atoms with Gasteiger partial charge >= 0.3 is 0 Å². The van der Waals surface area contributed by atoms with E-state index in [1.807, 2.05) is 0 Å². The summed E-state index contributed by atoms with van der Waals surface area (Å²) in [5.74, 6) is 0.0224. The number of carboxylic acid groups (broad SMARTS) is 1. The van der Waals surface area contributed by atoms with Gasteiger partial charge in [0.15, 0.2) is 0 Å². The van der Waals surface area contributed by atoms with Gasteiger partial charge in [0.1, 0.15) is 0 Å². The van der Waals surface area contributed by atoms with E-state index in [2.05, 4.69) is 20.8 Å². The van der Waals surface area contributed by atoms with Crippen molar-refractivity contribution in [2.45, 2.75) is 45.3 Å². The second-order valence-corrected chi connectivity index (χ2v) is 6.97. The first-order chi connectivity index (χ1) is 6.88. The Morgan fingerprint density at radius 2 is 2.06 bits per heavy atom. The minimum absolute atomic E-state index is 0. The van der Waals surface area contributed by atoms with Gasteiger partial charge in [0.2, 0.25) is 0 Å². The van der Waals surface area contributed by atoms with Crippen LogP contribution in [0.15, 0.2) is 0 Å². The van der Waals surface area contributed by atoms with E-state index in [1.54, 1.807) is 11.8 Å². The van der Waals surface area contributed by atoms with Crippen molar-refractivity contribution in [3.8, 4) is 0 Å². The Labute approximate surface area is 102 Å². The lowest BCUT2D eigenvalue weighted by molar-refractivity contribution is -0.301. The smallest absolute Gasteiger partial charge is 0.0513 e. The van der Waals surface area contributed by atoms with Crippen LogP contribution in [0.4, 0.5) is 0 Å². The minimum atomic E-state index is -0.927. The van der Waals surface area contributed by atoms with Crippen molar-refractivity contribution in [3.05, 3.63) is 0 Å². The predicted molar refractivity (Wildman–Crippen MR) is 66.5 cm³/mol. The van der Waals surface area contributed by atoms with Crippen LogP contribution in [-0.2, 0) is 4.79 Å². The molecule has 2 saturated carbocycles. The summed E-state index contributed by atoms with van der Waals surface area (Å²) in [6.07, 6.45) is 3.78. The van der Waals surface area contributed by atoms with Crippen LogP contribution in [0.2, 0.25) is 0 Å². The molecule has 0 aliphatic heterocycles. The standard InChI is InChI=1S/C12H20O2S.H3N/c1-11(2)8-4-5-12(11,3)9(6-8)15-7-10(13)14;/h8-9H,4-7H2,1-3H3,(H,13,14);1H3/t8?,9?,12-;/m1./s1. The third-order valence-corrected chi connectivity index (χ3v) is 6.63. The zero-order valence-electron chi connectivity index (χ0n) is 10.7. The predicted octanol–water partition coefficient (Wildman–Crippen LogP) is 2.06. The maximum absolute atomic E-state index is 10.5. The number of quaternary nitrogens is 1. The molecule has 0 aromatic carbocycles. The van der Waals surface area contributed by atoms with Gasteiger partial charge in [-0.15, -0.1) is 0 Å². The van der Waals surface area contributed by atoms with Crippen molar-refractivity contribution in [3.63, 3.8) is 0 Å². The zero-order chi connectivity index (χ0) is 11.3. The minimum Gasteiger partial charge on any atom is -0.549 e. The quantitative estimate of drug-likeness (QED) is 0.826. The van der Waals surface area contributed by atoms with Gasteiger partial charge in [-0.2, -0.15) is 11.8 Å². The number of fused-ring (bicyclic) bond motifs is 2. The van der Waals surface area contributed by atoms with Gasteiger partial charge in [0, 0.05) is 11.0 Å². The van der Waals surface area contributed by atoms with Crippen molar-refractivity contribution in [1.82, 2.24) is 6.15 Å². The first-order valence-electron chi connectivity index (χ1n) is 5.69. The number of carbonyl (C=O) groups excluding carboxylic acids is 1. The number of hydrogen-bond donors (Lipinski definition) is 1. The summed E-state index contributed by atoms with van der Waals surface area (Å²) < 4.78 is 0. The lowest BCUT2D eigenvalue weighted by Crippen LogP contribution is -2.35. The normalized spacial score (nSPS) is 39.4. The highest BCUT2D eigenvalue weighted by atomic mass is 32.2. The number of hydrogen-bond acceptors (Lipinski definition) is 3. The summed E-state index contributed by atoms with van der Waals surface area (Å²) in [5, 5.41) is 11.0. The highest BCUT2D eigenvalue weighted by Crippen LogP contribution is 2.68. The third kappa shape index (κ3) is 1.76. The second kappa shape index (κ2) is 4.22. The Hall–Kier alpha value is -0.220. The highest BCUT2D eigenvalue weighted by Gasteiger charge is 2.61. The highest BCUT2D eigenvalue weighted by molar-refractivity contribution is 8.00. The first kappa shape index (κ1) is 13.8. The van der Waals surface area contributed by atoms with Crippen LogP contribution in [0.1, 0.15) is 40.0 Å². The topological polar surface area (TPSA) is 76.6 Å². The van der Waals surface area contributed by atoms with Crippen LogP contribution >= 0.6 is 11.8 Å². The Bertz CT molecular complexity index is 293. The van der Waals surface area contributed by atoms with Gasteiger partial charge in [-0.3, -0.25) is 0 Å². The van der Waals surface area contributed by atoms with Crippen molar-refractivity contribution in [2.75, 3.05) is 5.75 Å². The fourth-order valence-corrected chi connectivity index (χ4v) is 5.05. The van der Waals surface area contributed by atoms with E-state index in [-0.39, 0.29) is 11.9 Å². The van der Waals surface area contributed by atoms with Gasteiger partial charge < -0.3 is 16.1 Å². The number of carboxylic acids is 1. The van der Waals surface area contributed by atoms with Crippen LogP contribution < -0.4 is 11.3 Å². The van der Waals surface area contributed by atoms with E-state index >= 15 is 0 Å². The fourth-order valence-electron chi connectivity index (χ4n) is 3.55. The van der Waals surface area contributed by atoms with E-state index in [0.29, 0.717) is 16.1 Å². The van der Waals surface area contributed by atoms with Crippen molar-refractivity contribution < 1.29 is 9.90 Å². The monoisotopic (exact) mass is 245 g/mol. The molecule has 2 aliphatic rings. The largest absolute Gasteiger partial charge is 0.549 e. The molecule has 3 nitrogen and oxygen atoms in total. The molecule has 94 valence electrons. The number of rotatable bonds is 3. The third-order valence-electron chi connectivity index (χ3n) is 5.12. The molecular formula is C12H23NO2S. The van der Waals surface area contributed by atoms with Crippen LogP contribution in [0.25, 0.3) is 0 Å². The molecule has 0 aromatic heterocycles. The van der Waals surface area contributed by atoms with E-state index < -0.39 is 5.97 Å². The Morgan fingerprint density at radius 1 is 1.44 bits per heavy atom. The van der Waals surface area contributed by atoms with Gasteiger partial charge in [0.05, 0.1) is 5.97 Å². The van der Waals surface area contributed by atoms with Crippen molar-refractivity contribution in [2.24, 2.45) is 16.7 Å². The summed E-state index contributed by atoms with van der Waals surface area (Å²) >= 11 is 1.59. The van der Waals surface area contributed by atoms with Gasteiger partial charge in [-0.25, -0.2) is 0 Å². The number of thioether (sulfide) groups is 1. The molecule has 0 saturated heterocycles. The van der Waals surface area contributed by atoms with Crippen LogP contribution in [0.3, 0.4) is 0 Å². The van der Waals surface area contributed by atoms with E-state index in [0.717, 1.165) is 5.92 Å². The molecule has 2 fully saturated rings. The number of aliphatic carboxylic acids is 1. The molecule has 16 heavy (non-hydrogen) atoms. The molecule has 2 bridgehead atoms. The van der Waals surface area contributed by atoms with Gasteiger partial charge in [-0.1, -0.05) is 20.8 Å². The zero-order valence-corrected chi connectivity index (χ0v) is 11.5. The molecule has 0 aromatic rings. The van der Waals surface area contributed by atoms with Crippen LogP contribution in [-0.4, -0.2) is 17.0 Å². The Morgan fingerprint density at radius 3 is 2.44 bits per heavy atom. The summed E-state index contributed by atoms with van der Waals surface area (Å²) in [6.45, 7) is 7.04. The Kier molecular flexibility index (Phi) is 3.65. The van der Waals surface area contributed by atoms with Crippen molar-refractivity contribution in [1.29, 1.82) is 0 Å². The summed E-state index contributed by atoms with van der Waals surface area (Å²) in [4.78, 5) is 10.5. The molecule has 0 heterocycles. The van der Waals surface area contributed by atoms with E-state index in [4.69, 9.17) is 0 Å². The summed E-state index contributed by atoms with van der Waals surface area (Å²) in [5.41, 5.74) is 0.717. The maximum Gasteiger partial charge on any atom is 0.0513 e. The lowest BCUT2D eigenvalue weighted by Gasteiger charge is -2.39. The molecule has 0 spiro atoms. The molecule has 0 amide bonds. The average molecular weight is 245 g/mol. The average Bonchev–Trinajstić information content (AvgIpc) is 2.46. The Balaban J connectivity index is 0.00000128. The fraction of sp³-hybridized carbons (Fsp3) is 0.917. The molecule has 0 radical (unpaired) electrons. The van der Waals surface area contributed by atoms with E-state index in [9.17, 15) is 9.90 Å². The molecule has 4 heteroatoms. The molecule has 2 unspecified atom stereocenters. The summed E-state index contributed by atoms with van der Waals surface area (Å²) in [6, 6.07) is 0. The second-order valence-electron chi connectivity index (χ2n) is 5.78. The molecule has 2 aliphatic carbocycles. The molecular weight excluding hydrogens is 222 g/mol. The van der Waals surface area contributed by atoms with Crippen molar-refractivity contribution >= 4 is 17.7 Å². The number of carbonyl (C=O) groups is 1. The SMILES string of the molecule is CC1(C)C2CC[C@]1(C)C(SCC(=O)[O-])C2.[NH4+]. The van der Waals surface area contributed by atoms with Gasteiger partial charge in [0.25, 0.3) is 0 Å².